The quantitative estimate of drug-likeness (QED) is 0.140. The van der Waals surface area contributed by atoms with Crippen LogP contribution in [0.1, 0.15) is 62.9 Å². The van der Waals surface area contributed by atoms with E-state index in [0.717, 1.165) is 40.2 Å². The molecule has 3 saturated carbocycles. The zero-order chi connectivity index (χ0) is 39.2. The zero-order valence-electron chi connectivity index (χ0n) is 33.1. The Morgan fingerprint density at radius 1 is 1.07 bits per heavy atom. The van der Waals surface area contributed by atoms with Gasteiger partial charge in [0.15, 0.2) is 0 Å². The third kappa shape index (κ3) is 7.49. The maximum Gasteiger partial charge on any atom is 0.251 e. The molecular formula is C43H58N6O6. The van der Waals surface area contributed by atoms with Gasteiger partial charge in [0, 0.05) is 61.4 Å². The van der Waals surface area contributed by atoms with Gasteiger partial charge in [0.1, 0.15) is 17.9 Å². The lowest BCUT2D eigenvalue weighted by Gasteiger charge is -2.62. The van der Waals surface area contributed by atoms with Gasteiger partial charge < -0.3 is 41.1 Å². The van der Waals surface area contributed by atoms with E-state index in [4.69, 9.17) is 9.57 Å². The number of anilines is 3. The third-order valence-electron chi connectivity index (χ3n) is 13.0. The van der Waals surface area contributed by atoms with E-state index in [1.807, 2.05) is 79.7 Å². The number of ether oxygens (including phenoxy) is 1. The summed E-state index contributed by atoms with van der Waals surface area (Å²) in [5.74, 6) is 1.02. The first-order chi connectivity index (χ1) is 26.3. The second kappa shape index (κ2) is 15.6. The smallest absolute Gasteiger partial charge is 0.251 e. The Kier molecular flexibility index (Phi) is 11.1. The Bertz CT molecular complexity index is 1860. The van der Waals surface area contributed by atoms with Gasteiger partial charge in [-0.2, -0.15) is 5.06 Å². The summed E-state index contributed by atoms with van der Waals surface area (Å²) in [6.07, 6.45) is 1.19. The van der Waals surface area contributed by atoms with Crippen LogP contribution >= 0.6 is 0 Å². The van der Waals surface area contributed by atoms with Gasteiger partial charge in [0.25, 0.3) is 5.91 Å². The maximum atomic E-state index is 14.3. The summed E-state index contributed by atoms with van der Waals surface area (Å²) in [6.45, 7) is 8.86. The molecule has 3 aliphatic carbocycles. The number of hydrogen-bond acceptors (Lipinski definition) is 10. The SMILES string of the molecule is COc1c(CN2O[C@@H](CO)[C@@H]([C@H](C)O)[C@H]2C(=O)N[C@H]2C[C@H]3C[C@@H]([C@@H]2C)C3(C)C)cccc1-c1cc(C(=O)NCCC2Nc3ccccc3N2)cc(N(C)C)c1. The lowest BCUT2D eigenvalue weighted by atomic mass is 9.45. The molecule has 55 heavy (non-hydrogen) atoms. The number of aliphatic hydroxyl groups is 2. The highest BCUT2D eigenvalue weighted by Gasteiger charge is 2.57. The lowest BCUT2D eigenvalue weighted by Crippen LogP contribution is -2.62. The molecule has 5 aliphatic rings. The lowest BCUT2D eigenvalue weighted by molar-refractivity contribution is -0.183. The molecule has 0 spiro atoms. The molecule has 8 rings (SSSR count). The van der Waals surface area contributed by atoms with Gasteiger partial charge in [-0.25, -0.2) is 0 Å². The van der Waals surface area contributed by atoms with Crippen LogP contribution in [0.15, 0.2) is 60.7 Å². The molecule has 4 fully saturated rings. The van der Waals surface area contributed by atoms with Gasteiger partial charge in [-0.15, -0.1) is 0 Å². The molecule has 12 nitrogen and oxygen atoms in total. The molecule has 2 aliphatic heterocycles. The van der Waals surface area contributed by atoms with Crippen molar-refractivity contribution in [2.24, 2.45) is 29.1 Å². The van der Waals surface area contributed by atoms with Crippen molar-refractivity contribution in [1.29, 1.82) is 0 Å². The highest BCUT2D eigenvalue weighted by Crippen LogP contribution is 2.61. The summed E-state index contributed by atoms with van der Waals surface area (Å²) in [5.41, 5.74) is 6.10. The Morgan fingerprint density at radius 3 is 2.42 bits per heavy atom. The number of para-hydroxylation sites is 3. The number of benzene rings is 3. The standard InChI is InChI=1S/C43H58N6O6/c1-24-32-20-29(43(32,3)4)21-35(24)47-42(53)39-38(25(2)51)36(23-50)55-49(39)22-26-11-10-12-31(40(26)54-7)27-17-28(19-30(18-27)48(5)6)41(52)44-16-15-37-45-33-13-8-9-14-34(33)46-37/h8-14,17-19,24-25,29,32,35-39,45-46,50-51H,15-16,20-23H2,1-7H3,(H,44,52)(H,47,53)/t24-,25-,29+,32-,35-,36-,38+,39-/m0/s1. The predicted molar refractivity (Wildman–Crippen MR) is 215 cm³/mol. The second-order valence-corrected chi connectivity index (χ2v) is 16.8. The van der Waals surface area contributed by atoms with Crippen molar-refractivity contribution >= 4 is 28.9 Å². The predicted octanol–water partition coefficient (Wildman–Crippen LogP) is 5.07. The molecule has 296 valence electrons. The van der Waals surface area contributed by atoms with Crippen molar-refractivity contribution in [2.45, 2.75) is 84.0 Å². The first kappa shape index (κ1) is 38.9. The van der Waals surface area contributed by atoms with Crippen LogP contribution in [0.5, 0.6) is 5.75 Å². The number of hydroxylamine groups is 2. The minimum atomic E-state index is -0.900. The number of fused-ring (bicyclic) bond motifs is 3. The molecule has 1 saturated heterocycles. The molecule has 0 aromatic heterocycles. The molecule has 12 heteroatoms. The normalized spacial score (nSPS) is 27.3. The Labute approximate surface area is 324 Å². The average molecular weight is 755 g/mol. The number of nitrogens with one attached hydrogen (secondary N) is 4. The van der Waals surface area contributed by atoms with Crippen LogP contribution in [0.3, 0.4) is 0 Å². The number of methoxy groups -OCH3 is 1. The van der Waals surface area contributed by atoms with Crippen molar-refractivity contribution in [3.63, 3.8) is 0 Å². The van der Waals surface area contributed by atoms with E-state index in [1.54, 1.807) is 19.1 Å². The Balaban J connectivity index is 1.11. The minimum Gasteiger partial charge on any atom is -0.496 e. The summed E-state index contributed by atoms with van der Waals surface area (Å²) in [5, 5.41) is 36.3. The first-order valence-electron chi connectivity index (χ1n) is 19.7. The number of nitrogens with zero attached hydrogens (tertiary/aromatic N) is 2. The van der Waals surface area contributed by atoms with Gasteiger partial charge in [0.05, 0.1) is 43.9 Å². The Hall–Kier alpha value is -4.36. The van der Waals surface area contributed by atoms with Gasteiger partial charge in [-0.1, -0.05) is 51.1 Å². The van der Waals surface area contributed by atoms with Crippen LogP contribution in [-0.4, -0.2) is 91.9 Å². The summed E-state index contributed by atoms with van der Waals surface area (Å²) in [7, 11) is 5.48. The van der Waals surface area contributed by atoms with E-state index in [1.165, 1.54) is 6.42 Å². The van der Waals surface area contributed by atoms with Crippen LogP contribution in [-0.2, 0) is 16.2 Å². The number of carbonyl (C=O) groups is 2. The highest BCUT2D eigenvalue weighted by molar-refractivity contribution is 5.97. The molecule has 0 radical (unpaired) electrons. The summed E-state index contributed by atoms with van der Waals surface area (Å²) in [4.78, 5) is 36.1. The maximum absolute atomic E-state index is 14.3. The molecule has 2 bridgehead atoms. The van der Waals surface area contributed by atoms with Gasteiger partial charge in [-0.05, 0) is 78.8 Å². The van der Waals surface area contributed by atoms with E-state index >= 15 is 0 Å². The first-order valence-corrected chi connectivity index (χ1v) is 19.7. The average Bonchev–Trinajstić information content (AvgIpc) is 3.76. The van der Waals surface area contributed by atoms with Crippen LogP contribution in [0.4, 0.5) is 17.1 Å². The van der Waals surface area contributed by atoms with E-state index in [-0.39, 0.29) is 42.6 Å². The van der Waals surface area contributed by atoms with Crippen molar-refractivity contribution in [3.05, 3.63) is 71.8 Å². The van der Waals surface area contributed by atoms with Crippen LogP contribution in [0, 0.1) is 29.1 Å². The molecular weight excluding hydrogens is 697 g/mol. The number of amides is 2. The van der Waals surface area contributed by atoms with Crippen molar-refractivity contribution in [1.82, 2.24) is 15.7 Å². The molecule has 3 aromatic rings. The fourth-order valence-corrected chi connectivity index (χ4v) is 9.71. The second-order valence-electron chi connectivity index (χ2n) is 16.8. The van der Waals surface area contributed by atoms with E-state index in [9.17, 15) is 19.8 Å². The number of rotatable bonds is 13. The third-order valence-corrected chi connectivity index (χ3v) is 13.0. The molecule has 2 heterocycles. The summed E-state index contributed by atoms with van der Waals surface area (Å²) >= 11 is 0. The van der Waals surface area contributed by atoms with Crippen LogP contribution in [0.2, 0.25) is 0 Å². The van der Waals surface area contributed by atoms with E-state index in [2.05, 4.69) is 42.0 Å². The molecule has 6 N–H and O–H groups in total. The minimum absolute atomic E-state index is 0.0240. The molecule has 3 aromatic carbocycles. The highest BCUT2D eigenvalue weighted by atomic mass is 16.7. The fourth-order valence-electron chi connectivity index (χ4n) is 9.71. The number of hydrogen-bond donors (Lipinski definition) is 6. The zero-order valence-corrected chi connectivity index (χ0v) is 33.1. The topological polar surface area (TPSA) is 148 Å². The van der Waals surface area contributed by atoms with Crippen molar-refractivity contribution in [3.8, 4) is 16.9 Å². The summed E-state index contributed by atoms with van der Waals surface area (Å²) < 4.78 is 6.08. The fraction of sp³-hybridized carbons (Fsp3) is 0.535. The van der Waals surface area contributed by atoms with Crippen LogP contribution < -0.4 is 30.9 Å². The number of carbonyl (C=O) groups excluding carboxylic acids is 2. The van der Waals surface area contributed by atoms with Gasteiger partial charge in [-0.3, -0.25) is 14.4 Å². The van der Waals surface area contributed by atoms with Gasteiger partial charge in [0.2, 0.25) is 5.91 Å². The largest absolute Gasteiger partial charge is 0.496 e. The Morgan fingerprint density at radius 2 is 1.80 bits per heavy atom. The molecule has 0 unspecified atom stereocenters. The van der Waals surface area contributed by atoms with Gasteiger partial charge >= 0.3 is 0 Å². The molecule has 2 amide bonds. The molecule has 8 atom stereocenters. The number of aliphatic hydroxyl groups excluding tert-OH is 2. The van der Waals surface area contributed by atoms with Crippen molar-refractivity contribution < 1.29 is 29.4 Å². The van der Waals surface area contributed by atoms with Crippen LogP contribution in [0.25, 0.3) is 11.1 Å². The van der Waals surface area contributed by atoms with E-state index in [0.29, 0.717) is 42.0 Å². The van der Waals surface area contributed by atoms with Crippen molar-refractivity contribution in [2.75, 3.05) is 49.9 Å². The van der Waals surface area contributed by atoms with E-state index < -0.39 is 24.2 Å². The summed E-state index contributed by atoms with van der Waals surface area (Å²) in [6, 6.07) is 18.8. The monoisotopic (exact) mass is 754 g/mol.